The molecule has 0 atom stereocenters. The number of benzene rings is 2. The Kier molecular flexibility index (Phi) is 4.87. The fourth-order valence-electron chi connectivity index (χ4n) is 2.10. The van der Waals surface area contributed by atoms with E-state index in [1.54, 1.807) is 6.08 Å². The van der Waals surface area contributed by atoms with Gasteiger partial charge in [0.1, 0.15) is 0 Å². The normalized spacial score (nSPS) is 18.0. The smallest absolute Gasteiger partial charge is 0.300 e. The molecule has 1 saturated heterocycles. The molecule has 3 nitrogen and oxygen atoms in total. The summed E-state index contributed by atoms with van der Waals surface area (Å²) in [6.07, 6.45) is -2.89. The van der Waals surface area contributed by atoms with Crippen LogP contribution in [0.4, 0.5) is 18.9 Å². The van der Waals surface area contributed by atoms with Crippen molar-refractivity contribution in [3.8, 4) is 0 Å². The minimum atomic E-state index is -4.57. The maximum atomic E-state index is 12.9. The number of aliphatic imine (C=N–C) groups is 1. The van der Waals surface area contributed by atoms with Gasteiger partial charge in [-0.2, -0.15) is 13.2 Å². The second kappa shape index (κ2) is 6.93. The summed E-state index contributed by atoms with van der Waals surface area (Å²) >= 11 is 6.64. The number of rotatable bonds is 2. The highest BCUT2D eigenvalue weighted by Gasteiger charge is 2.33. The lowest BCUT2D eigenvalue weighted by Crippen LogP contribution is -2.19. The van der Waals surface area contributed by atoms with Gasteiger partial charge in [0.2, 0.25) is 0 Å². The average Bonchev–Trinajstić information content (AvgIpc) is 2.88. The lowest BCUT2D eigenvalue weighted by Gasteiger charge is -2.09. The molecule has 0 aromatic heterocycles. The Morgan fingerprint density at radius 2 is 1.84 bits per heavy atom. The van der Waals surface area contributed by atoms with Crippen LogP contribution in [0.3, 0.4) is 0 Å². The summed E-state index contributed by atoms with van der Waals surface area (Å²) in [5, 5.41) is 2.35. The number of nitrogens with one attached hydrogen (secondary N) is 1. The third-order valence-electron chi connectivity index (χ3n) is 3.23. The highest BCUT2D eigenvalue weighted by Crippen LogP contribution is 2.37. The second-order valence-corrected chi connectivity index (χ2v) is 6.49. The number of hydrogen-bond donors (Lipinski definition) is 1. The lowest BCUT2D eigenvalue weighted by molar-refractivity contribution is -0.137. The van der Waals surface area contributed by atoms with Gasteiger partial charge in [0, 0.05) is 0 Å². The molecule has 3 rings (SSSR count). The lowest BCUT2D eigenvalue weighted by atomic mass is 10.2. The summed E-state index contributed by atoms with van der Waals surface area (Å²) in [5.74, 6) is -0.349. The Labute approximate surface area is 150 Å². The van der Waals surface area contributed by atoms with Gasteiger partial charge in [-0.3, -0.25) is 4.79 Å². The highest BCUT2D eigenvalue weighted by atomic mass is 35.5. The molecule has 0 spiro atoms. The van der Waals surface area contributed by atoms with Crippen LogP contribution in [-0.4, -0.2) is 11.1 Å². The molecule has 1 N–H and O–H groups in total. The van der Waals surface area contributed by atoms with Crippen LogP contribution < -0.4 is 5.32 Å². The standard InChI is InChI=1S/C17H10ClF3N2OS/c18-13-7-6-11(9-12(13)17(19,20)21)22-16-23-15(24)14(25-16)8-10-4-2-1-3-5-10/h1-9H,(H,22,23,24)/b14-8-. The Morgan fingerprint density at radius 3 is 2.52 bits per heavy atom. The van der Waals surface area contributed by atoms with E-state index in [1.807, 2.05) is 30.3 Å². The molecule has 8 heteroatoms. The molecule has 128 valence electrons. The molecule has 25 heavy (non-hydrogen) atoms. The molecule has 0 bridgehead atoms. The first-order chi connectivity index (χ1) is 11.8. The quantitative estimate of drug-likeness (QED) is 0.721. The Balaban J connectivity index is 1.87. The van der Waals surface area contributed by atoms with Gasteiger partial charge in [-0.05, 0) is 41.6 Å². The molecular weight excluding hydrogens is 373 g/mol. The number of halogens is 4. The summed E-state index contributed by atoms with van der Waals surface area (Å²) in [6.45, 7) is 0. The topological polar surface area (TPSA) is 41.5 Å². The second-order valence-electron chi connectivity index (χ2n) is 5.05. The third-order valence-corrected chi connectivity index (χ3v) is 4.47. The summed E-state index contributed by atoms with van der Waals surface area (Å²) in [6, 6.07) is 12.5. The van der Waals surface area contributed by atoms with E-state index in [-0.39, 0.29) is 16.8 Å². The van der Waals surface area contributed by atoms with Crippen LogP contribution in [0.5, 0.6) is 0 Å². The van der Waals surface area contributed by atoms with Crippen LogP contribution in [0.25, 0.3) is 6.08 Å². The van der Waals surface area contributed by atoms with Gasteiger partial charge in [-0.15, -0.1) is 0 Å². The molecule has 2 aromatic rings. The highest BCUT2D eigenvalue weighted by molar-refractivity contribution is 8.18. The maximum Gasteiger partial charge on any atom is 0.417 e. The van der Waals surface area contributed by atoms with Crippen molar-refractivity contribution in [1.82, 2.24) is 5.32 Å². The van der Waals surface area contributed by atoms with Crippen LogP contribution in [0.2, 0.25) is 5.02 Å². The SMILES string of the molecule is O=C1NC(=Nc2ccc(Cl)c(C(F)(F)F)c2)S/C1=C\c1ccccc1. The fraction of sp³-hybridized carbons (Fsp3) is 0.0588. The minimum absolute atomic E-state index is 0.0560. The van der Waals surface area contributed by atoms with Crippen molar-refractivity contribution in [1.29, 1.82) is 0 Å². The van der Waals surface area contributed by atoms with Gasteiger partial charge in [0.25, 0.3) is 5.91 Å². The van der Waals surface area contributed by atoms with Crippen molar-refractivity contribution >= 4 is 46.2 Å². The molecule has 0 radical (unpaired) electrons. The van der Waals surface area contributed by atoms with E-state index in [4.69, 9.17) is 11.6 Å². The van der Waals surface area contributed by atoms with Gasteiger partial charge in [0.05, 0.1) is 21.2 Å². The Morgan fingerprint density at radius 1 is 1.12 bits per heavy atom. The number of carbonyl (C=O) groups is 1. The molecule has 0 aliphatic carbocycles. The van der Waals surface area contributed by atoms with Crippen molar-refractivity contribution in [2.75, 3.05) is 0 Å². The van der Waals surface area contributed by atoms with Crippen molar-refractivity contribution in [3.63, 3.8) is 0 Å². The van der Waals surface area contributed by atoms with Crippen LogP contribution in [-0.2, 0) is 11.0 Å². The molecule has 2 aromatic carbocycles. The summed E-state index contributed by atoms with van der Waals surface area (Å²) < 4.78 is 38.7. The zero-order valence-electron chi connectivity index (χ0n) is 12.5. The molecule has 1 fully saturated rings. The molecule has 1 heterocycles. The predicted molar refractivity (Wildman–Crippen MR) is 93.7 cm³/mol. The number of amidine groups is 1. The van der Waals surface area contributed by atoms with E-state index < -0.39 is 16.8 Å². The van der Waals surface area contributed by atoms with Gasteiger partial charge in [-0.1, -0.05) is 41.9 Å². The van der Waals surface area contributed by atoms with Crippen LogP contribution in [0.1, 0.15) is 11.1 Å². The summed E-state index contributed by atoms with van der Waals surface area (Å²) in [4.78, 5) is 16.5. The van der Waals surface area contributed by atoms with E-state index >= 15 is 0 Å². The Hall–Kier alpha value is -2.25. The third kappa shape index (κ3) is 4.24. The first-order valence-electron chi connectivity index (χ1n) is 7.04. The zero-order valence-corrected chi connectivity index (χ0v) is 14.0. The van der Waals surface area contributed by atoms with Crippen molar-refractivity contribution in [3.05, 3.63) is 69.6 Å². The number of amides is 1. The van der Waals surface area contributed by atoms with Crippen molar-refractivity contribution in [2.45, 2.75) is 6.18 Å². The van der Waals surface area contributed by atoms with Crippen LogP contribution in [0, 0.1) is 0 Å². The van der Waals surface area contributed by atoms with E-state index in [0.29, 0.717) is 4.91 Å². The molecule has 1 aliphatic rings. The van der Waals surface area contributed by atoms with E-state index in [2.05, 4.69) is 10.3 Å². The van der Waals surface area contributed by atoms with Gasteiger partial charge < -0.3 is 5.32 Å². The molecule has 1 aliphatic heterocycles. The van der Waals surface area contributed by atoms with Crippen molar-refractivity contribution in [2.24, 2.45) is 4.99 Å². The van der Waals surface area contributed by atoms with Gasteiger partial charge >= 0.3 is 6.18 Å². The largest absolute Gasteiger partial charge is 0.417 e. The minimum Gasteiger partial charge on any atom is -0.300 e. The van der Waals surface area contributed by atoms with Crippen LogP contribution >= 0.6 is 23.4 Å². The van der Waals surface area contributed by atoms with E-state index in [1.165, 1.54) is 6.07 Å². The molecular formula is C17H10ClF3N2OS. The number of hydrogen-bond acceptors (Lipinski definition) is 3. The summed E-state index contributed by atoms with van der Waals surface area (Å²) in [5.41, 5.74) is -0.0712. The Bertz CT molecular complexity index is 879. The predicted octanol–water partition coefficient (Wildman–Crippen LogP) is 5.25. The van der Waals surface area contributed by atoms with Crippen LogP contribution in [0.15, 0.2) is 58.4 Å². The average molecular weight is 383 g/mol. The van der Waals surface area contributed by atoms with Crippen molar-refractivity contribution < 1.29 is 18.0 Å². The molecule has 0 saturated carbocycles. The first-order valence-corrected chi connectivity index (χ1v) is 8.24. The van der Waals surface area contributed by atoms with Gasteiger partial charge in [-0.25, -0.2) is 4.99 Å². The zero-order chi connectivity index (χ0) is 18.0. The summed E-state index contributed by atoms with van der Waals surface area (Å²) in [7, 11) is 0. The maximum absolute atomic E-state index is 12.9. The molecule has 1 amide bonds. The monoisotopic (exact) mass is 382 g/mol. The number of nitrogens with zero attached hydrogens (tertiary/aromatic N) is 1. The van der Waals surface area contributed by atoms with E-state index in [0.717, 1.165) is 29.5 Å². The van der Waals surface area contributed by atoms with E-state index in [9.17, 15) is 18.0 Å². The fourth-order valence-corrected chi connectivity index (χ4v) is 3.16. The first kappa shape index (κ1) is 17.6. The van der Waals surface area contributed by atoms with Gasteiger partial charge in [0.15, 0.2) is 5.17 Å². The number of thioether (sulfide) groups is 1. The number of carbonyl (C=O) groups excluding carboxylic acids is 1. The number of alkyl halides is 3. The molecule has 0 unspecified atom stereocenters.